The highest BCUT2D eigenvalue weighted by atomic mass is 79.9. The maximum Gasteiger partial charge on any atom is 0.0519 e. The highest BCUT2D eigenvalue weighted by Gasteiger charge is 2.39. The molecule has 0 spiro atoms. The Morgan fingerprint density at radius 1 is 0.535 bits per heavy atom. The third-order valence-electron chi connectivity index (χ3n) is 9.08. The van der Waals surface area contributed by atoms with Crippen LogP contribution in [0.15, 0.2) is 126 Å². The van der Waals surface area contributed by atoms with Gasteiger partial charge in [0.05, 0.1) is 5.69 Å². The van der Waals surface area contributed by atoms with Gasteiger partial charge in [0.2, 0.25) is 0 Å². The minimum atomic E-state index is -0.154. The molecule has 0 saturated carbocycles. The van der Waals surface area contributed by atoms with Crippen LogP contribution in [0.2, 0.25) is 0 Å². The summed E-state index contributed by atoms with van der Waals surface area (Å²) >= 11 is 7.66. The fourth-order valence-corrected chi connectivity index (χ4v) is 9.79. The lowest BCUT2D eigenvalue weighted by atomic mass is 9.81. The van der Waals surface area contributed by atoms with Gasteiger partial charge in [0, 0.05) is 61.6 Å². The summed E-state index contributed by atoms with van der Waals surface area (Å²) in [6.07, 6.45) is 0. The first-order valence-electron chi connectivity index (χ1n) is 14.5. The highest BCUT2D eigenvalue weighted by Crippen LogP contribution is 2.55. The molecule has 1 nitrogen and oxygen atoms in total. The van der Waals surface area contributed by atoms with E-state index in [1.54, 1.807) is 0 Å². The number of nitrogens with zero attached hydrogens (tertiary/aromatic N) is 1. The zero-order chi connectivity index (χ0) is 28.9. The first kappa shape index (κ1) is 25.5. The van der Waals surface area contributed by atoms with Crippen LogP contribution in [0.3, 0.4) is 0 Å². The summed E-state index contributed by atoms with van der Waals surface area (Å²) in [5, 5.41) is 5.24. The van der Waals surface area contributed by atoms with E-state index in [1.165, 1.54) is 79.7 Å². The Bertz CT molecular complexity index is 2300. The molecule has 0 N–H and O–H groups in total. The molecule has 43 heavy (non-hydrogen) atoms. The van der Waals surface area contributed by atoms with Crippen molar-refractivity contribution in [1.82, 2.24) is 0 Å². The Morgan fingerprint density at radius 3 is 1.70 bits per heavy atom. The zero-order valence-electron chi connectivity index (χ0n) is 23.7. The van der Waals surface area contributed by atoms with Crippen molar-refractivity contribution in [1.29, 1.82) is 0 Å². The fourth-order valence-electron chi connectivity index (χ4n) is 7.17. The van der Waals surface area contributed by atoms with Gasteiger partial charge in [0.1, 0.15) is 0 Å². The molecule has 206 valence electrons. The highest BCUT2D eigenvalue weighted by molar-refractivity contribution is 9.10. The van der Waals surface area contributed by atoms with Crippen LogP contribution in [0.25, 0.3) is 51.5 Å². The van der Waals surface area contributed by atoms with Gasteiger partial charge in [-0.1, -0.05) is 90.4 Å². The summed E-state index contributed by atoms with van der Waals surface area (Å²) in [6.45, 7) is 4.75. The minimum absolute atomic E-state index is 0.154. The van der Waals surface area contributed by atoms with Crippen molar-refractivity contribution in [2.45, 2.75) is 19.3 Å². The first-order chi connectivity index (χ1) is 21.0. The monoisotopic (exact) mass is 651 g/mol. The standard InChI is InChI=1S/C39H26BrNS2/c1-39(2)32-12-6-3-9-26(32)31-19-23(40)20-33(38(31)39)41(24-15-17-36-29(21-24)27-10-4-7-13-34(27)42-36)25-16-18-37-30(22-25)28-11-5-8-14-35(28)43-37/h3-22H,1-2H3. The topological polar surface area (TPSA) is 3.24 Å². The van der Waals surface area contributed by atoms with Crippen LogP contribution in [0.1, 0.15) is 25.0 Å². The van der Waals surface area contributed by atoms with Crippen LogP contribution in [0.4, 0.5) is 17.1 Å². The summed E-state index contributed by atoms with van der Waals surface area (Å²) in [5.74, 6) is 0. The third-order valence-corrected chi connectivity index (χ3v) is 11.8. The van der Waals surface area contributed by atoms with E-state index in [0.29, 0.717) is 0 Å². The number of thiophene rings is 2. The van der Waals surface area contributed by atoms with Crippen LogP contribution >= 0.6 is 38.6 Å². The number of rotatable bonds is 3. The van der Waals surface area contributed by atoms with Gasteiger partial charge in [-0.25, -0.2) is 0 Å². The number of benzene rings is 6. The van der Waals surface area contributed by atoms with Crippen molar-refractivity contribution < 1.29 is 0 Å². The van der Waals surface area contributed by atoms with Gasteiger partial charge < -0.3 is 4.90 Å². The third kappa shape index (κ3) is 3.73. The van der Waals surface area contributed by atoms with Gasteiger partial charge in [-0.15, -0.1) is 22.7 Å². The molecule has 0 saturated heterocycles. The average Bonchev–Trinajstić information content (AvgIpc) is 3.65. The van der Waals surface area contributed by atoms with E-state index >= 15 is 0 Å². The van der Waals surface area contributed by atoms with Crippen LogP contribution in [-0.2, 0) is 5.41 Å². The van der Waals surface area contributed by atoms with E-state index in [9.17, 15) is 0 Å². The summed E-state index contributed by atoms with van der Waals surface area (Å²) in [5.41, 5.74) is 8.76. The molecule has 2 heterocycles. The van der Waals surface area contributed by atoms with Crippen molar-refractivity contribution >= 4 is 96.0 Å². The SMILES string of the molecule is CC1(C)c2ccccc2-c2cc(Br)cc(N(c3ccc4sc5ccccc5c4c3)c3ccc4sc5ccccc5c4c3)c21. The lowest BCUT2D eigenvalue weighted by Gasteiger charge is -2.32. The maximum atomic E-state index is 3.93. The Labute approximate surface area is 266 Å². The fraction of sp³-hybridized carbons (Fsp3) is 0.0769. The van der Waals surface area contributed by atoms with Crippen LogP contribution in [0.5, 0.6) is 0 Å². The maximum absolute atomic E-state index is 3.93. The molecule has 0 bridgehead atoms. The molecule has 0 amide bonds. The molecule has 0 aliphatic heterocycles. The van der Waals surface area contributed by atoms with Gasteiger partial charge in [-0.05, 0) is 82.9 Å². The van der Waals surface area contributed by atoms with Crippen LogP contribution in [-0.4, -0.2) is 0 Å². The Hall–Kier alpha value is -3.96. The number of hydrogen-bond acceptors (Lipinski definition) is 3. The molecule has 9 rings (SSSR count). The van der Waals surface area contributed by atoms with Crippen LogP contribution in [0, 0.1) is 0 Å². The normalized spacial score (nSPS) is 13.7. The van der Waals surface area contributed by atoms with E-state index in [2.05, 4.69) is 156 Å². The summed E-state index contributed by atoms with van der Waals surface area (Å²) in [6, 6.07) is 45.1. The van der Waals surface area contributed by atoms with Crippen molar-refractivity contribution in [3.05, 3.63) is 137 Å². The molecule has 1 aliphatic carbocycles. The molecule has 0 fully saturated rings. The summed E-state index contributed by atoms with van der Waals surface area (Å²) < 4.78 is 6.37. The molecule has 0 atom stereocenters. The quantitative estimate of drug-likeness (QED) is 0.184. The van der Waals surface area contributed by atoms with E-state index in [4.69, 9.17) is 0 Å². The molecule has 1 aliphatic rings. The lowest BCUT2D eigenvalue weighted by molar-refractivity contribution is 0.660. The predicted molar refractivity (Wildman–Crippen MR) is 192 cm³/mol. The zero-order valence-corrected chi connectivity index (χ0v) is 26.9. The molecular weight excluding hydrogens is 626 g/mol. The molecular formula is C39H26BrNS2. The van der Waals surface area contributed by atoms with E-state index < -0.39 is 0 Å². The molecule has 0 radical (unpaired) electrons. The average molecular weight is 653 g/mol. The largest absolute Gasteiger partial charge is 0.310 e. The van der Waals surface area contributed by atoms with Crippen molar-refractivity contribution in [2.24, 2.45) is 0 Å². The predicted octanol–water partition coefficient (Wildman–Crippen LogP) is 13.0. The first-order valence-corrected chi connectivity index (χ1v) is 17.0. The number of halogens is 1. The van der Waals surface area contributed by atoms with Gasteiger partial charge in [0.15, 0.2) is 0 Å². The Balaban J connectivity index is 1.37. The van der Waals surface area contributed by atoms with Crippen molar-refractivity contribution in [3.63, 3.8) is 0 Å². The smallest absolute Gasteiger partial charge is 0.0519 e. The number of fused-ring (bicyclic) bond motifs is 9. The summed E-state index contributed by atoms with van der Waals surface area (Å²) in [7, 11) is 0. The molecule has 2 aromatic heterocycles. The number of anilines is 3. The number of hydrogen-bond donors (Lipinski definition) is 0. The van der Waals surface area contributed by atoms with Gasteiger partial charge in [-0.3, -0.25) is 0 Å². The second-order valence-corrected chi connectivity index (χ2v) is 15.0. The molecule has 8 aromatic rings. The van der Waals surface area contributed by atoms with E-state index in [-0.39, 0.29) is 5.41 Å². The van der Waals surface area contributed by atoms with Gasteiger partial charge in [-0.2, -0.15) is 0 Å². The summed E-state index contributed by atoms with van der Waals surface area (Å²) in [4.78, 5) is 2.50. The molecule has 4 heteroatoms. The van der Waals surface area contributed by atoms with E-state index in [0.717, 1.165) is 4.47 Å². The molecule has 0 unspecified atom stereocenters. The Morgan fingerprint density at radius 2 is 1.07 bits per heavy atom. The Kier molecular flexibility index (Phi) is 5.50. The van der Waals surface area contributed by atoms with E-state index in [1.807, 2.05) is 22.7 Å². The minimum Gasteiger partial charge on any atom is -0.310 e. The van der Waals surface area contributed by atoms with Crippen molar-refractivity contribution in [2.75, 3.05) is 4.90 Å². The van der Waals surface area contributed by atoms with Gasteiger partial charge >= 0.3 is 0 Å². The lowest BCUT2D eigenvalue weighted by Crippen LogP contribution is -2.20. The second-order valence-electron chi connectivity index (χ2n) is 11.9. The van der Waals surface area contributed by atoms with Crippen LogP contribution < -0.4 is 4.90 Å². The van der Waals surface area contributed by atoms with Crippen molar-refractivity contribution in [3.8, 4) is 11.1 Å². The second kappa shape index (κ2) is 9.27. The molecule has 6 aromatic carbocycles. The van der Waals surface area contributed by atoms with Gasteiger partial charge in [0.25, 0.3) is 0 Å².